The average Bonchev–Trinajstić information content (AvgIpc) is 3.34. The fourth-order valence-electron chi connectivity index (χ4n) is 4.27. The van der Waals surface area contributed by atoms with Crippen molar-refractivity contribution < 1.29 is 24.5 Å². The molecule has 1 aromatic carbocycles. The van der Waals surface area contributed by atoms with Crippen LogP contribution >= 0.6 is 27.5 Å². The summed E-state index contributed by atoms with van der Waals surface area (Å²) < 4.78 is 13.9. The quantitative estimate of drug-likeness (QED) is 0.205. The van der Waals surface area contributed by atoms with Crippen LogP contribution in [0.1, 0.15) is 45.4 Å². The number of amides is 1. The Bertz CT molecular complexity index is 1280. The van der Waals surface area contributed by atoms with Gasteiger partial charge in [0, 0.05) is 23.8 Å². The molecule has 1 amide bonds. The Labute approximate surface area is 235 Å². The van der Waals surface area contributed by atoms with Gasteiger partial charge in [-0.25, -0.2) is 14.8 Å². The summed E-state index contributed by atoms with van der Waals surface area (Å²) in [5.74, 6) is 0. The van der Waals surface area contributed by atoms with Crippen LogP contribution in [0.4, 0.5) is 4.79 Å². The summed E-state index contributed by atoms with van der Waals surface area (Å²) in [5, 5.41) is 22.2. The molecule has 4 rings (SSSR count). The normalized spacial score (nSPS) is 21.9. The molecule has 1 aliphatic heterocycles. The number of halogens is 2. The number of aliphatic hydroxyl groups excluding tert-OH is 2. The first-order chi connectivity index (χ1) is 18.0. The highest BCUT2D eigenvalue weighted by Crippen LogP contribution is 2.37. The predicted octanol–water partition coefficient (Wildman–Crippen LogP) is 5.24. The van der Waals surface area contributed by atoms with Gasteiger partial charge >= 0.3 is 6.09 Å². The zero-order valence-electron chi connectivity index (χ0n) is 21.5. The molecule has 3 heterocycles. The molecule has 3 aromatic rings. The Hall–Kier alpha value is -2.50. The molecule has 0 aliphatic carbocycles. The van der Waals surface area contributed by atoms with Gasteiger partial charge in [0.05, 0.1) is 5.39 Å². The van der Waals surface area contributed by atoms with E-state index in [1.54, 1.807) is 21.7 Å². The number of unbranched alkanes of at least 4 members (excludes halogenated alkanes) is 1. The van der Waals surface area contributed by atoms with Crippen LogP contribution in [0.25, 0.3) is 11.0 Å². The summed E-state index contributed by atoms with van der Waals surface area (Å²) in [6, 6.07) is 9.77. The van der Waals surface area contributed by atoms with Gasteiger partial charge in [-0.3, -0.25) is 0 Å². The van der Waals surface area contributed by atoms with Crippen LogP contribution in [0.5, 0.6) is 0 Å². The number of aromatic nitrogens is 3. The smallest absolute Gasteiger partial charge is 0.410 e. The number of allylic oxidation sites excluding steroid dienone is 1. The van der Waals surface area contributed by atoms with E-state index in [0.717, 1.165) is 5.56 Å². The van der Waals surface area contributed by atoms with Crippen molar-refractivity contribution >= 4 is 44.7 Å². The summed E-state index contributed by atoms with van der Waals surface area (Å²) in [4.78, 5) is 22.7. The molecule has 0 saturated carbocycles. The number of benzene rings is 1. The largest absolute Gasteiger partial charge is 0.444 e. The molecule has 0 radical (unpaired) electrons. The van der Waals surface area contributed by atoms with Gasteiger partial charge < -0.3 is 29.2 Å². The minimum absolute atomic E-state index is 0.276. The van der Waals surface area contributed by atoms with E-state index in [4.69, 9.17) is 21.1 Å². The first-order valence-electron chi connectivity index (χ1n) is 12.4. The topological polar surface area (TPSA) is 110 Å². The maximum absolute atomic E-state index is 12.8. The van der Waals surface area contributed by atoms with Crippen LogP contribution in [0.2, 0.25) is 5.15 Å². The summed E-state index contributed by atoms with van der Waals surface area (Å²) >= 11 is 9.65. The van der Waals surface area contributed by atoms with E-state index < -0.39 is 30.1 Å². The van der Waals surface area contributed by atoms with Gasteiger partial charge in [-0.2, -0.15) is 0 Å². The molecule has 9 nitrogen and oxygen atoms in total. The van der Waals surface area contributed by atoms with Gasteiger partial charge in [0.1, 0.15) is 41.0 Å². The number of rotatable bonds is 8. The number of hydrogen-bond donors (Lipinski definition) is 2. The third-order valence-corrected chi connectivity index (χ3v) is 6.95. The van der Waals surface area contributed by atoms with Crippen LogP contribution in [0.3, 0.4) is 0 Å². The van der Waals surface area contributed by atoms with Gasteiger partial charge in [-0.15, -0.1) is 0 Å². The zero-order valence-corrected chi connectivity index (χ0v) is 23.8. The van der Waals surface area contributed by atoms with Crippen LogP contribution in [0.15, 0.2) is 59.5 Å². The van der Waals surface area contributed by atoms with Crippen molar-refractivity contribution in [1.29, 1.82) is 0 Å². The molecule has 1 fully saturated rings. The minimum Gasteiger partial charge on any atom is -0.444 e. The standard InChI is InChI=1S/C27H32BrClN4O5/c1-27(2,3)38-26(36)32(14-17-10-6-4-7-11-17)13-9-5-8-12-19-21(34)22(35)25(37-19)33-15-18(28)20-23(29)30-16-31-24(20)33/h4,6-8,10-12,15-16,19,21-22,25,34-35H,5,9,13-14H2,1-3H3/b12-8+/t19-,21-,22-,25-/m1/s1. The van der Waals surface area contributed by atoms with E-state index in [9.17, 15) is 15.0 Å². The molecular formula is C27H32BrClN4O5. The minimum atomic E-state index is -1.17. The Kier molecular flexibility index (Phi) is 9.10. The van der Waals surface area contributed by atoms with Crippen molar-refractivity contribution in [2.45, 2.75) is 70.3 Å². The lowest BCUT2D eigenvalue weighted by molar-refractivity contribution is -0.0242. The Balaban J connectivity index is 1.37. The van der Waals surface area contributed by atoms with E-state index in [1.807, 2.05) is 57.2 Å². The second kappa shape index (κ2) is 12.1. The molecule has 4 atom stereocenters. The number of ether oxygens (including phenoxy) is 2. The highest BCUT2D eigenvalue weighted by molar-refractivity contribution is 9.10. The predicted molar refractivity (Wildman–Crippen MR) is 148 cm³/mol. The van der Waals surface area contributed by atoms with E-state index in [2.05, 4.69) is 25.9 Å². The third kappa shape index (κ3) is 6.73. The van der Waals surface area contributed by atoms with Crippen LogP contribution in [-0.4, -0.2) is 66.2 Å². The number of carbonyl (C=O) groups excluding carboxylic acids is 1. The molecule has 1 saturated heterocycles. The van der Waals surface area contributed by atoms with Gasteiger partial charge in [-0.05, 0) is 55.1 Å². The lowest BCUT2D eigenvalue weighted by Gasteiger charge is -2.27. The summed E-state index contributed by atoms with van der Waals surface area (Å²) in [6.07, 6.45) is 3.77. The molecule has 2 aromatic heterocycles. The Morgan fingerprint density at radius 2 is 1.97 bits per heavy atom. The summed E-state index contributed by atoms with van der Waals surface area (Å²) in [6.45, 7) is 6.49. The van der Waals surface area contributed by atoms with E-state index in [-0.39, 0.29) is 11.2 Å². The molecule has 38 heavy (non-hydrogen) atoms. The van der Waals surface area contributed by atoms with Crippen molar-refractivity contribution in [2.24, 2.45) is 0 Å². The number of carbonyl (C=O) groups is 1. The number of nitrogens with zero attached hydrogens (tertiary/aromatic N) is 4. The van der Waals surface area contributed by atoms with Crippen molar-refractivity contribution in [3.05, 3.63) is 70.2 Å². The van der Waals surface area contributed by atoms with Crippen molar-refractivity contribution in [2.75, 3.05) is 6.54 Å². The lowest BCUT2D eigenvalue weighted by Crippen LogP contribution is -2.37. The number of aliphatic hydroxyl groups is 2. The lowest BCUT2D eigenvalue weighted by atomic mass is 10.1. The fourth-order valence-corrected chi connectivity index (χ4v) is 5.20. The van der Waals surface area contributed by atoms with Crippen molar-refractivity contribution in [3.8, 4) is 0 Å². The highest BCUT2D eigenvalue weighted by atomic mass is 79.9. The maximum Gasteiger partial charge on any atom is 0.410 e. The van der Waals surface area contributed by atoms with E-state index in [0.29, 0.717) is 41.4 Å². The molecule has 1 aliphatic rings. The van der Waals surface area contributed by atoms with E-state index >= 15 is 0 Å². The molecule has 0 spiro atoms. The zero-order chi connectivity index (χ0) is 27.4. The van der Waals surface area contributed by atoms with Crippen LogP contribution < -0.4 is 0 Å². The van der Waals surface area contributed by atoms with Crippen molar-refractivity contribution in [3.63, 3.8) is 0 Å². The van der Waals surface area contributed by atoms with Gasteiger partial charge in [0.25, 0.3) is 0 Å². The van der Waals surface area contributed by atoms with Crippen molar-refractivity contribution in [1.82, 2.24) is 19.4 Å². The Morgan fingerprint density at radius 3 is 2.68 bits per heavy atom. The molecule has 11 heteroatoms. The molecule has 0 bridgehead atoms. The highest BCUT2D eigenvalue weighted by Gasteiger charge is 2.43. The Morgan fingerprint density at radius 1 is 1.24 bits per heavy atom. The molecule has 2 N–H and O–H groups in total. The summed E-state index contributed by atoms with van der Waals surface area (Å²) in [7, 11) is 0. The van der Waals surface area contributed by atoms with E-state index in [1.165, 1.54) is 6.33 Å². The monoisotopic (exact) mass is 606 g/mol. The maximum atomic E-state index is 12.8. The first-order valence-corrected chi connectivity index (χ1v) is 13.6. The van der Waals surface area contributed by atoms with Crippen LogP contribution in [0, 0.1) is 0 Å². The van der Waals surface area contributed by atoms with Crippen LogP contribution in [-0.2, 0) is 16.0 Å². The number of fused-ring (bicyclic) bond motifs is 1. The molecule has 0 unspecified atom stereocenters. The average molecular weight is 608 g/mol. The third-order valence-electron chi connectivity index (χ3n) is 6.06. The summed E-state index contributed by atoms with van der Waals surface area (Å²) in [5.41, 5.74) is 0.919. The molecule has 204 valence electrons. The fraction of sp³-hybridized carbons (Fsp3) is 0.444. The second-order valence-electron chi connectivity index (χ2n) is 10.2. The molecular weight excluding hydrogens is 576 g/mol. The number of hydrogen-bond acceptors (Lipinski definition) is 7. The SMILES string of the molecule is CC(C)(C)OC(=O)N(CCC/C=C/[C@H]1O[C@@H](n2cc(Br)c3c(Cl)ncnc32)[C@H](O)[C@@H]1O)Cc1ccccc1. The van der Waals surface area contributed by atoms with Gasteiger partial charge in [0.15, 0.2) is 6.23 Å². The van der Waals surface area contributed by atoms with Gasteiger partial charge in [-0.1, -0.05) is 54.1 Å². The second-order valence-corrected chi connectivity index (χ2v) is 11.4. The van der Waals surface area contributed by atoms with Gasteiger partial charge in [0.2, 0.25) is 0 Å². The first kappa shape index (κ1) is 28.5.